The lowest BCUT2D eigenvalue weighted by Crippen LogP contribution is -2.51. The fraction of sp³-hybridized carbons (Fsp3) is 0.417. The van der Waals surface area contributed by atoms with E-state index in [0.717, 1.165) is 37.6 Å². The van der Waals surface area contributed by atoms with Crippen LogP contribution in [0.15, 0.2) is 42.5 Å². The van der Waals surface area contributed by atoms with E-state index >= 15 is 0 Å². The number of amides is 3. The third-order valence-corrected chi connectivity index (χ3v) is 6.55. The van der Waals surface area contributed by atoms with Crippen LogP contribution in [-0.2, 0) is 10.3 Å². The summed E-state index contributed by atoms with van der Waals surface area (Å²) in [5, 5.41) is 2.88. The first-order valence-electron chi connectivity index (χ1n) is 11.1. The highest BCUT2D eigenvalue weighted by Gasteiger charge is 2.49. The van der Waals surface area contributed by atoms with Gasteiger partial charge in [0.25, 0.3) is 5.91 Å². The molecule has 174 valence electrons. The molecule has 2 aromatic carbocycles. The van der Waals surface area contributed by atoms with Crippen LogP contribution in [0.4, 0.5) is 10.5 Å². The average molecular weight is 453 g/mol. The Morgan fingerprint density at radius 3 is 2.36 bits per heavy atom. The molecule has 9 nitrogen and oxygen atoms in total. The number of benzene rings is 2. The molecular weight excluding hydrogens is 424 g/mol. The summed E-state index contributed by atoms with van der Waals surface area (Å²) < 4.78 is 16.5. The third kappa shape index (κ3) is 3.93. The number of hydrogen-bond donors (Lipinski definition) is 1. The monoisotopic (exact) mass is 452 g/mol. The van der Waals surface area contributed by atoms with E-state index in [1.165, 1.54) is 4.90 Å². The van der Waals surface area contributed by atoms with E-state index in [1.807, 2.05) is 30.3 Å². The van der Waals surface area contributed by atoms with E-state index in [1.54, 1.807) is 26.2 Å². The molecular formula is C24H28N4O5. The first-order chi connectivity index (χ1) is 16.0. The summed E-state index contributed by atoms with van der Waals surface area (Å²) in [5.41, 5.74) is 0.672. The summed E-state index contributed by atoms with van der Waals surface area (Å²) in [4.78, 5) is 31.8. The smallest absolute Gasteiger partial charge is 0.326 e. The molecule has 1 unspecified atom stereocenters. The number of hydrogen-bond acceptors (Lipinski definition) is 7. The van der Waals surface area contributed by atoms with Crippen molar-refractivity contribution < 1.29 is 23.8 Å². The summed E-state index contributed by atoms with van der Waals surface area (Å²) in [6.45, 7) is 6.10. The topological polar surface area (TPSA) is 83.6 Å². The van der Waals surface area contributed by atoms with Crippen LogP contribution in [0.25, 0.3) is 0 Å². The van der Waals surface area contributed by atoms with E-state index in [9.17, 15) is 9.59 Å². The number of carbonyl (C=O) groups is 2. The number of methoxy groups -OCH3 is 1. The van der Waals surface area contributed by atoms with E-state index in [0.29, 0.717) is 30.3 Å². The zero-order valence-corrected chi connectivity index (χ0v) is 18.9. The Balaban J connectivity index is 1.23. The van der Waals surface area contributed by atoms with Crippen molar-refractivity contribution in [3.63, 3.8) is 0 Å². The number of ether oxygens (including phenoxy) is 3. The van der Waals surface area contributed by atoms with Gasteiger partial charge in [-0.05, 0) is 48.9 Å². The first-order valence-corrected chi connectivity index (χ1v) is 11.1. The Kier molecular flexibility index (Phi) is 5.49. The standard InChI is InChI=1S/C24H28N4O5/c1-24(17-3-8-20-21(15-17)33-14-13-32-20)22(29)28(23(30)25-24)16-26-9-11-27(12-10-26)18-4-6-19(31-2)7-5-18/h3-8,15H,9-14,16H2,1-2H3,(H,25,30). The number of piperazine rings is 1. The largest absolute Gasteiger partial charge is 0.497 e. The molecule has 0 aliphatic carbocycles. The number of fused-ring (bicyclic) bond motifs is 1. The van der Waals surface area contributed by atoms with Gasteiger partial charge in [0.2, 0.25) is 0 Å². The lowest BCUT2D eigenvalue weighted by Gasteiger charge is -2.37. The van der Waals surface area contributed by atoms with Crippen molar-refractivity contribution in [3.05, 3.63) is 48.0 Å². The first kappa shape index (κ1) is 21.4. The normalized spacial score (nSPS) is 23.0. The maximum absolute atomic E-state index is 13.3. The van der Waals surface area contributed by atoms with Crippen molar-refractivity contribution in [3.8, 4) is 17.2 Å². The molecule has 1 N–H and O–H groups in total. The number of rotatable bonds is 5. The van der Waals surface area contributed by atoms with Crippen molar-refractivity contribution in [2.75, 3.05) is 58.1 Å². The molecule has 3 amide bonds. The van der Waals surface area contributed by atoms with Gasteiger partial charge in [-0.2, -0.15) is 0 Å². The molecule has 0 radical (unpaired) electrons. The Labute approximate surface area is 192 Å². The second-order valence-electron chi connectivity index (χ2n) is 8.59. The van der Waals surface area contributed by atoms with Gasteiger partial charge in [-0.3, -0.25) is 9.69 Å². The molecule has 0 bridgehead atoms. The molecule has 2 saturated heterocycles. The highest BCUT2D eigenvalue weighted by molar-refractivity contribution is 6.07. The SMILES string of the molecule is COc1ccc(N2CCN(CN3C(=O)NC(C)(c4ccc5c(c4)OCCO5)C3=O)CC2)cc1. The summed E-state index contributed by atoms with van der Waals surface area (Å²) in [7, 11) is 1.66. The number of urea groups is 1. The van der Waals surface area contributed by atoms with Crippen LogP contribution in [0.2, 0.25) is 0 Å². The second kappa shape index (κ2) is 8.47. The van der Waals surface area contributed by atoms with Crippen LogP contribution >= 0.6 is 0 Å². The van der Waals surface area contributed by atoms with Crippen LogP contribution in [-0.4, -0.2) is 74.9 Å². The molecule has 0 aromatic heterocycles. The van der Waals surface area contributed by atoms with Crippen molar-refractivity contribution in [1.29, 1.82) is 0 Å². The molecule has 0 spiro atoms. The summed E-state index contributed by atoms with van der Waals surface area (Å²) in [6, 6.07) is 13.0. The van der Waals surface area contributed by atoms with Gasteiger partial charge in [0.15, 0.2) is 11.5 Å². The van der Waals surface area contributed by atoms with E-state index < -0.39 is 5.54 Å². The van der Waals surface area contributed by atoms with Crippen molar-refractivity contribution in [2.24, 2.45) is 0 Å². The predicted molar refractivity (Wildman–Crippen MR) is 122 cm³/mol. The van der Waals surface area contributed by atoms with Gasteiger partial charge in [-0.25, -0.2) is 9.69 Å². The number of anilines is 1. The van der Waals surface area contributed by atoms with Gasteiger partial charge in [-0.15, -0.1) is 0 Å². The highest BCUT2D eigenvalue weighted by atomic mass is 16.6. The minimum absolute atomic E-state index is 0.262. The van der Waals surface area contributed by atoms with Gasteiger partial charge >= 0.3 is 6.03 Å². The van der Waals surface area contributed by atoms with Gasteiger partial charge in [0.05, 0.1) is 13.8 Å². The average Bonchev–Trinajstić information content (AvgIpc) is 3.08. The Morgan fingerprint density at radius 1 is 0.970 bits per heavy atom. The second-order valence-corrected chi connectivity index (χ2v) is 8.59. The predicted octanol–water partition coefficient (Wildman–Crippen LogP) is 2.01. The third-order valence-electron chi connectivity index (χ3n) is 6.55. The molecule has 2 aromatic rings. The molecule has 3 aliphatic rings. The zero-order valence-electron chi connectivity index (χ0n) is 18.9. The Hall–Kier alpha value is -3.46. The quantitative estimate of drug-likeness (QED) is 0.695. The molecule has 3 heterocycles. The summed E-state index contributed by atoms with van der Waals surface area (Å²) >= 11 is 0. The van der Waals surface area contributed by atoms with Gasteiger partial charge < -0.3 is 24.4 Å². The molecule has 2 fully saturated rings. The highest BCUT2D eigenvalue weighted by Crippen LogP contribution is 2.37. The number of nitrogens with zero attached hydrogens (tertiary/aromatic N) is 3. The van der Waals surface area contributed by atoms with E-state index in [2.05, 4.69) is 15.1 Å². The lowest BCUT2D eigenvalue weighted by molar-refractivity contribution is -0.132. The molecule has 5 rings (SSSR count). The zero-order chi connectivity index (χ0) is 23.0. The van der Waals surface area contributed by atoms with Gasteiger partial charge in [-0.1, -0.05) is 6.07 Å². The van der Waals surface area contributed by atoms with Crippen LogP contribution < -0.4 is 24.4 Å². The fourth-order valence-electron chi connectivity index (χ4n) is 4.52. The van der Waals surface area contributed by atoms with Gasteiger partial charge in [0.1, 0.15) is 24.5 Å². The van der Waals surface area contributed by atoms with E-state index in [-0.39, 0.29) is 18.6 Å². The Morgan fingerprint density at radius 2 is 1.67 bits per heavy atom. The van der Waals surface area contributed by atoms with E-state index in [4.69, 9.17) is 14.2 Å². The summed E-state index contributed by atoms with van der Waals surface area (Å²) in [5.74, 6) is 1.81. The van der Waals surface area contributed by atoms with Crippen molar-refractivity contribution in [2.45, 2.75) is 12.5 Å². The fourth-order valence-corrected chi connectivity index (χ4v) is 4.52. The maximum Gasteiger partial charge on any atom is 0.326 e. The molecule has 33 heavy (non-hydrogen) atoms. The maximum atomic E-state index is 13.3. The minimum Gasteiger partial charge on any atom is -0.497 e. The molecule has 0 saturated carbocycles. The number of nitrogens with one attached hydrogen (secondary N) is 1. The van der Waals surface area contributed by atoms with Gasteiger partial charge in [0, 0.05) is 31.9 Å². The van der Waals surface area contributed by atoms with Crippen LogP contribution in [0.5, 0.6) is 17.2 Å². The molecule has 3 aliphatic heterocycles. The lowest BCUT2D eigenvalue weighted by atomic mass is 9.91. The number of carbonyl (C=O) groups excluding carboxylic acids is 2. The summed E-state index contributed by atoms with van der Waals surface area (Å²) in [6.07, 6.45) is 0. The van der Waals surface area contributed by atoms with Crippen molar-refractivity contribution in [1.82, 2.24) is 15.1 Å². The minimum atomic E-state index is -1.14. The van der Waals surface area contributed by atoms with Crippen LogP contribution in [0.1, 0.15) is 12.5 Å². The molecule has 1 atom stereocenters. The Bertz CT molecular complexity index is 1050. The van der Waals surface area contributed by atoms with Crippen LogP contribution in [0, 0.1) is 0 Å². The molecule has 9 heteroatoms. The van der Waals surface area contributed by atoms with Crippen LogP contribution in [0.3, 0.4) is 0 Å². The number of imide groups is 1. The van der Waals surface area contributed by atoms with Crippen molar-refractivity contribution >= 4 is 17.6 Å².